The number of nitrogens with zero attached hydrogens (tertiary/aromatic N) is 5. The Hall–Kier alpha value is -3.00. The molecule has 1 N–H and O–H groups in total. The van der Waals surface area contributed by atoms with Gasteiger partial charge in [-0.25, -0.2) is 15.4 Å². The fourth-order valence-corrected chi connectivity index (χ4v) is 3.79. The zero-order valence-electron chi connectivity index (χ0n) is 14.0. The number of nitrogens with one attached hydrogen (secondary N) is 1. The van der Waals surface area contributed by atoms with Gasteiger partial charge in [0.05, 0.1) is 23.3 Å². The van der Waals surface area contributed by atoms with Crippen LogP contribution in [0.25, 0.3) is 10.6 Å². The fourth-order valence-electron chi connectivity index (χ4n) is 2.87. The van der Waals surface area contributed by atoms with Crippen molar-refractivity contribution < 1.29 is 4.79 Å². The number of pyridine rings is 1. The highest BCUT2D eigenvalue weighted by Gasteiger charge is 2.16. The molecule has 0 radical (unpaired) electrons. The van der Waals surface area contributed by atoms with Gasteiger partial charge in [-0.05, 0) is 32.9 Å². The highest BCUT2D eigenvalue weighted by molar-refractivity contribution is 7.15. The number of aryl methyl sites for hydroxylation is 3. The molecule has 0 aliphatic heterocycles. The lowest BCUT2D eigenvalue weighted by molar-refractivity contribution is 0.0948. The summed E-state index contributed by atoms with van der Waals surface area (Å²) in [5.74, 6) is -0.298. The van der Waals surface area contributed by atoms with Gasteiger partial charge < -0.3 is 0 Å². The largest absolute Gasteiger partial charge is 0.295 e. The second-order valence-electron chi connectivity index (χ2n) is 5.75. The van der Waals surface area contributed by atoms with Crippen LogP contribution in [0.15, 0.2) is 34.9 Å². The van der Waals surface area contributed by atoms with Gasteiger partial charge in [-0.2, -0.15) is 5.10 Å². The van der Waals surface area contributed by atoms with Crippen LogP contribution in [0.5, 0.6) is 0 Å². The molecule has 0 aromatic carbocycles. The van der Waals surface area contributed by atoms with E-state index in [0.29, 0.717) is 11.4 Å². The summed E-state index contributed by atoms with van der Waals surface area (Å²) in [7, 11) is 0. The van der Waals surface area contributed by atoms with E-state index in [1.807, 2.05) is 54.9 Å². The van der Waals surface area contributed by atoms with Crippen LogP contribution in [-0.4, -0.2) is 30.9 Å². The monoisotopic (exact) mass is 352 g/mol. The average Bonchev–Trinajstić information content (AvgIpc) is 3.20. The number of fused-ring (bicyclic) bond motifs is 2. The maximum absolute atomic E-state index is 12.5. The topological polar surface area (TPSA) is 76.1 Å². The number of carbonyl (C=O) groups is 1. The Bertz CT molecular complexity index is 1130. The summed E-state index contributed by atoms with van der Waals surface area (Å²) in [5, 5.41) is 6.17. The van der Waals surface area contributed by atoms with Crippen molar-refractivity contribution in [2.24, 2.45) is 5.10 Å². The molecule has 25 heavy (non-hydrogen) atoms. The van der Waals surface area contributed by atoms with Crippen molar-refractivity contribution in [2.45, 2.75) is 20.8 Å². The first-order chi connectivity index (χ1) is 12.1. The van der Waals surface area contributed by atoms with Crippen molar-refractivity contribution in [1.29, 1.82) is 0 Å². The van der Waals surface area contributed by atoms with Gasteiger partial charge >= 0.3 is 0 Å². The molecule has 0 atom stereocenters. The van der Waals surface area contributed by atoms with Crippen LogP contribution < -0.4 is 5.43 Å². The maximum atomic E-state index is 12.5. The minimum absolute atomic E-state index is 0.298. The van der Waals surface area contributed by atoms with E-state index in [9.17, 15) is 4.79 Å². The number of hydrogen-bond acceptors (Lipinski definition) is 5. The molecular weight excluding hydrogens is 336 g/mol. The van der Waals surface area contributed by atoms with Crippen LogP contribution in [0.2, 0.25) is 0 Å². The summed E-state index contributed by atoms with van der Waals surface area (Å²) in [4.78, 5) is 22.3. The normalized spacial score (nSPS) is 11.8. The molecule has 0 spiro atoms. The first-order valence-electron chi connectivity index (χ1n) is 7.76. The predicted molar refractivity (Wildman–Crippen MR) is 97.5 cm³/mol. The second-order valence-corrected chi connectivity index (χ2v) is 6.59. The molecule has 0 saturated carbocycles. The van der Waals surface area contributed by atoms with Crippen LogP contribution in [-0.2, 0) is 0 Å². The Balaban J connectivity index is 1.63. The highest BCUT2D eigenvalue weighted by atomic mass is 32.1. The van der Waals surface area contributed by atoms with E-state index < -0.39 is 0 Å². The first-order valence-corrected chi connectivity index (χ1v) is 8.64. The first kappa shape index (κ1) is 15.5. The Labute approximate surface area is 147 Å². The zero-order valence-corrected chi connectivity index (χ0v) is 14.8. The Kier molecular flexibility index (Phi) is 3.61. The molecule has 0 aliphatic carbocycles. The van der Waals surface area contributed by atoms with Crippen molar-refractivity contribution in [1.82, 2.24) is 24.2 Å². The number of thiazole rings is 1. The molecule has 0 aliphatic rings. The zero-order chi connectivity index (χ0) is 17.6. The van der Waals surface area contributed by atoms with Crippen molar-refractivity contribution in [2.75, 3.05) is 0 Å². The predicted octanol–water partition coefficient (Wildman–Crippen LogP) is 2.73. The number of amides is 1. The molecule has 8 heteroatoms. The minimum atomic E-state index is -0.298. The summed E-state index contributed by atoms with van der Waals surface area (Å²) in [5.41, 5.74) is 7.30. The molecule has 0 bridgehead atoms. The van der Waals surface area contributed by atoms with Crippen LogP contribution in [0.1, 0.15) is 33.3 Å². The summed E-state index contributed by atoms with van der Waals surface area (Å²) < 4.78 is 3.78. The number of hydrazone groups is 1. The minimum Gasteiger partial charge on any atom is -0.295 e. The Morgan fingerprint density at radius 2 is 2.08 bits per heavy atom. The molecule has 0 saturated heterocycles. The van der Waals surface area contributed by atoms with Crippen LogP contribution in [0, 0.1) is 20.8 Å². The standard InChI is InChI=1S/C17H16N6OS/c1-10-9-25-17-20-11(2)13(23(10)17)8-18-21-16(24)15-12(3)19-14-6-4-5-7-22(14)15/h4-9H,1-3H3,(H,21,24)/b18-8-. The van der Waals surface area contributed by atoms with Crippen LogP contribution in [0.3, 0.4) is 0 Å². The fraction of sp³-hybridized carbons (Fsp3) is 0.176. The van der Waals surface area contributed by atoms with Crippen LogP contribution in [0.4, 0.5) is 0 Å². The van der Waals surface area contributed by atoms with E-state index in [1.165, 1.54) is 0 Å². The third kappa shape index (κ3) is 2.51. The molecule has 4 rings (SSSR count). The molecule has 4 aromatic heterocycles. The molecule has 7 nitrogen and oxygen atoms in total. The smallest absolute Gasteiger partial charge is 0.290 e. The van der Waals surface area contributed by atoms with Crippen molar-refractivity contribution in [3.63, 3.8) is 0 Å². The molecule has 126 valence electrons. The van der Waals surface area contributed by atoms with Crippen LogP contribution >= 0.6 is 11.3 Å². The molecule has 0 fully saturated rings. The summed E-state index contributed by atoms with van der Waals surface area (Å²) in [6.45, 7) is 5.75. The Morgan fingerprint density at radius 1 is 1.24 bits per heavy atom. The lowest BCUT2D eigenvalue weighted by Gasteiger charge is -2.01. The number of imidazole rings is 2. The van der Waals surface area contributed by atoms with Gasteiger partial charge in [0.2, 0.25) is 0 Å². The molecule has 1 amide bonds. The lowest BCUT2D eigenvalue weighted by atomic mass is 10.3. The number of rotatable bonds is 3. The third-order valence-corrected chi connectivity index (χ3v) is 4.97. The lowest BCUT2D eigenvalue weighted by Crippen LogP contribution is -2.20. The van der Waals surface area contributed by atoms with Gasteiger partial charge in [-0.1, -0.05) is 6.07 Å². The van der Waals surface area contributed by atoms with Gasteiger partial charge in [-0.15, -0.1) is 11.3 Å². The van der Waals surface area contributed by atoms with Gasteiger partial charge in [0.25, 0.3) is 5.91 Å². The van der Waals surface area contributed by atoms with Crippen molar-refractivity contribution >= 4 is 34.1 Å². The average molecular weight is 352 g/mol. The van der Waals surface area contributed by atoms with Gasteiger partial charge in [0, 0.05) is 17.3 Å². The van der Waals surface area contributed by atoms with Gasteiger partial charge in [0.15, 0.2) is 4.96 Å². The van der Waals surface area contributed by atoms with Crippen molar-refractivity contribution in [3.05, 3.63) is 58.2 Å². The summed E-state index contributed by atoms with van der Waals surface area (Å²) in [6, 6.07) is 5.61. The van der Waals surface area contributed by atoms with Gasteiger partial charge in [0.1, 0.15) is 11.3 Å². The summed E-state index contributed by atoms with van der Waals surface area (Å²) in [6.07, 6.45) is 3.44. The quantitative estimate of drug-likeness (QED) is 0.455. The van der Waals surface area contributed by atoms with E-state index in [0.717, 1.165) is 27.7 Å². The van der Waals surface area contributed by atoms with E-state index in [-0.39, 0.29) is 5.91 Å². The SMILES string of the molecule is Cc1nc2ccccn2c1C(=O)N/N=C\c1c(C)nc2scc(C)n12. The molecule has 4 aromatic rings. The summed E-state index contributed by atoms with van der Waals surface area (Å²) >= 11 is 1.58. The molecule has 0 unspecified atom stereocenters. The van der Waals surface area contributed by atoms with E-state index >= 15 is 0 Å². The van der Waals surface area contributed by atoms with E-state index in [4.69, 9.17) is 0 Å². The molecule has 4 heterocycles. The maximum Gasteiger partial charge on any atom is 0.290 e. The van der Waals surface area contributed by atoms with Crippen molar-refractivity contribution in [3.8, 4) is 0 Å². The molecular formula is C17H16N6OS. The highest BCUT2D eigenvalue weighted by Crippen LogP contribution is 2.19. The third-order valence-electron chi connectivity index (χ3n) is 4.03. The second kappa shape index (κ2) is 5.82. The Morgan fingerprint density at radius 3 is 2.92 bits per heavy atom. The number of aromatic nitrogens is 4. The van der Waals surface area contributed by atoms with Gasteiger partial charge in [-0.3, -0.25) is 13.6 Å². The number of hydrogen-bond donors (Lipinski definition) is 1. The van der Waals surface area contributed by atoms with E-state index in [2.05, 4.69) is 20.5 Å². The number of carbonyl (C=O) groups excluding carboxylic acids is 1. The van der Waals surface area contributed by atoms with E-state index in [1.54, 1.807) is 22.0 Å².